The lowest BCUT2D eigenvalue weighted by molar-refractivity contribution is -0.120. The molecule has 0 atom stereocenters. The standard InChI is InChI=1S/C29H29N3O2/c1-21-13-14-22(2)25(19-21)32-28(33)26(24-11-7-4-8-12-24)27(29(32)34)31-17-15-30(16-18-31)20-23-9-5-3-6-10-23/h3-14,19H,15-18,20H2,1-2H3. The minimum absolute atomic E-state index is 0.228. The minimum atomic E-state index is -0.244. The summed E-state index contributed by atoms with van der Waals surface area (Å²) in [5, 5.41) is 0. The quantitative estimate of drug-likeness (QED) is 0.539. The second-order valence-corrected chi connectivity index (χ2v) is 9.07. The molecule has 5 heteroatoms. The van der Waals surface area contributed by atoms with E-state index in [9.17, 15) is 9.59 Å². The number of benzene rings is 3. The van der Waals surface area contributed by atoms with Crippen LogP contribution in [-0.2, 0) is 16.1 Å². The van der Waals surface area contributed by atoms with Crippen LogP contribution in [0.25, 0.3) is 5.57 Å². The fourth-order valence-electron chi connectivity index (χ4n) is 4.83. The lowest BCUT2D eigenvalue weighted by atomic mass is 10.0. The summed E-state index contributed by atoms with van der Waals surface area (Å²) in [6, 6.07) is 25.9. The van der Waals surface area contributed by atoms with Crippen LogP contribution in [0, 0.1) is 13.8 Å². The predicted molar refractivity (Wildman–Crippen MR) is 135 cm³/mol. The highest BCUT2D eigenvalue weighted by Crippen LogP contribution is 2.36. The van der Waals surface area contributed by atoms with Crippen molar-refractivity contribution in [2.75, 3.05) is 31.1 Å². The number of aryl methyl sites for hydroxylation is 2. The first-order chi connectivity index (χ1) is 16.5. The van der Waals surface area contributed by atoms with Crippen molar-refractivity contribution in [3.63, 3.8) is 0 Å². The van der Waals surface area contributed by atoms with Crippen LogP contribution in [0.1, 0.15) is 22.3 Å². The van der Waals surface area contributed by atoms with Gasteiger partial charge in [-0.25, -0.2) is 4.90 Å². The zero-order chi connectivity index (χ0) is 23.7. The van der Waals surface area contributed by atoms with Crippen molar-refractivity contribution in [2.24, 2.45) is 0 Å². The van der Waals surface area contributed by atoms with E-state index in [4.69, 9.17) is 0 Å². The molecule has 2 amide bonds. The van der Waals surface area contributed by atoms with Gasteiger partial charge in [0.25, 0.3) is 11.8 Å². The summed E-state index contributed by atoms with van der Waals surface area (Å²) in [6.45, 7) is 7.90. The summed E-state index contributed by atoms with van der Waals surface area (Å²) < 4.78 is 0. The molecule has 34 heavy (non-hydrogen) atoms. The highest BCUT2D eigenvalue weighted by atomic mass is 16.2. The molecule has 1 fully saturated rings. The Bertz CT molecular complexity index is 1240. The largest absolute Gasteiger partial charge is 0.364 e. The zero-order valence-electron chi connectivity index (χ0n) is 19.7. The van der Waals surface area contributed by atoms with Crippen LogP contribution >= 0.6 is 0 Å². The van der Waals surface area contributed by atoms with E-state index < -0.39 is 0 Å². The second kappa shape index (κ2) is 9.27. The molecular formula is C29H29N3O2. The fraction of sp³-hybridized carbons (Fsp3) is 0.241. The van der Waals surface area contributed by atoms with Gasteiger partial charge >= 0.3 is 0 Å². The molecule has 2 aliphatic rings. The average Bonchev–Trinajstić information content (AvgIpc) is 3.12. The topological polar surface area (TPSA) is 43.9 Å². The third kappa shape index (κ3) is 4.15. The molecule has 0 bridgehead atoms. The molecule has 0 N–H and O–H groups in total. The van der Waals surface area contributed by atoms with E-state index >= 15 is 0 Å². The first-order valence-corrected chi connectivity index (χ1v) is 11.8. The SMILES string of the molecule is Cc1ccc(C)c(N2C(=O)C(c3ccccc3)=C(N3CCN(Cc4ccccc4)CC3)C2=O)c1. The van der Waals surface area contributed by atoms with Gasteiger partial charge in [-0.3, -0.25) is 14.5 Å². The van der Waals surface area contributed by atoms with Crippen LogP contribution in [0.15, 0.2) is 84.6 Å². The van der Waals surface area contributed by atoms with Gasteiger partial charge in [0.05, 0.1) is 11.3 Å². The number of hydrogen-bond donors (Lipinski definition) is 0. The third-order valence-corrected chi connectivity index (χ3v) is 6.66. The van der Waals surface area contributed by atoms with Crippen LogP contribution in [0.4, 0.5) is 5.69 Å². The van der Waals surface area contributed by atoms with Crippen LogP contribution in [0.5, 0.6) is 0 Å². The molecule has 2 aliphatic heterocycles. The predicted octanol–water partition coefficient (Wildman–Crippen LogP) is 4.41. The normalized spacial score (nSPS) is 17.1. The first kappa shape index (κ1) is 22.1. The van der Waals surface area contributed by atoms with Crippen LogP contribution in [0.2, 0.25) is 0 Å². The number of amides is 2. The van der Waals surface area contributed by atoms with E-state index in [0.29, 0.717) is 30.0 Å². The van der Waals surface area contributed by atoms with Crippen LogP contribution in [-0.4, -0.2) is 47.8 Å². The van der Waals surface area contributed by atoms with Crippen molar-refractivity contribution < 1.29 is 9.59 Å². The summed E-state index contributed by atoms with van der Waals surface area (Å²) in [5.74, 6) is -0.472. The maximum absolute atomic E-state index is 13.8. The lowest BCUT2D eigenvalue weighted by Gasteiger charge is -2.36. The number of rotatable bonds is 5. The molecule has 0 spiro atoms. The van der Waals surface area contributed by atoms with E-state index in [0.717, 1.165) is 36.3 Å². The van der Waals surface area contributed by atoms with E-state index in [1.165, 1.54) is 10.5 Å². The Hall–Kier alpha value is -3.70. The molecule has 1 saturated heterocycles. The molecule has 0 aromatic heterocycles. The van der Waals surface area contributed by atoms with E-state index in [1.54, 1.807) is 0 Å². The zero-order valence-corrected chi connectivity index (χ0v) is 19.7. The van der Waals surface area contributed by atoms with Gasteiger partial charge in [-0.15, -0.1) is 0 Å². The average molecular weight is 452 g/mol. The third-order valence-electron chi connectivity index (χ3n) is 6.66. The van der Waals surface area contributed by atoms with Gasteiger partial charge in [-0.1, -0.05) is 72.8 Å². The fourth-order valence-corrected chi connectivity index (χ4v) is 4.83. The van der Waals surface area contributed by atoms with Crippen molar-refractivity contribution in [1.29, 1.82) is 0 Å². The van der Waals surface area contributed by atoms with Crippen molar-refractivity contribution in [3.8, 4) is 0 Å². The van der Waals surface area contributed by atoms with Crippen LogP contribution < -0.4 is 4.90 Å². The Morgan fingerprint density at radius 1 is 0.735 bits per heavy atom. The smallest absolute Gasteiger partial charge is 0.282 e. The van der Waals surface area contributed by atoms with Gasteiger partial charge in [0.2, 0.25) is 0 Å². The van der Waals surface area contributed by atoms with Gasteiger partial charge < -0.3 is 4.90 Å². The molecule has 3 aromatic carbocycles. The molecule has 5 rings (SSSR count). The van der Waals surface area contributed by atoms with Crippen molar-refractivity contribution >= 4 is 23.1 Å². The molecule has 0 saturated carbocycles. The number of imide groups is 1. The Morgan fingerprint density at radius 3 is 2.06 bits per heavy atom. The van der Waals surface area contributed by atoms with E-state index in [-0.39, 0.29) is 11.8 Å². The molecule has 0 radical (unpaired) electrons. The van der Waals surface area contributed by atoms with Gasteiger partial charge in [0, 0.05) is 32.7 Å². The molecule has 5 nitrogen and oxygen atoms in total. The number of carbonyl (C=O) groups excluding carboxylic acids is 2. The van der Waals surface area contributed by atoms with Gasteiger partial charge in [0.15, 0.2) is 0 Å². The summed E-state index contributed by atoms with van der Waals surface area (Å²) in [4.78, 5) is 33.5. The maximum Gasteiger partial charge on any atom is 0.282 e. The highest BCUT2D eigenvalue weighted by Gasteiger charge is 2.43. The van der Waals surface area contributed by atoms with Crippen molar-refractivity contribution in [2.45, 2.75) is 20.4 Å². The Labute approximate surface area is 200 Å². The van der Waals surface area contributed by atoms with Crippen molar-refractivity contribution in [3.05, 3.63) is 107 Å². The molecular weight excluding hydrogens is 422 g/mol. The van der Waals surface area contributed by atoms with Gasteiger partial charge in [-0.05, 0) is 42.2 Å². The monoisotopic (exact) mass is 451 g/mol. The number of carbonyl (C=O) groups is 2. The Morgan fingerprint density at radius 2 is 1.38 bits per heavy atom. The molecule has 2 heterocycles. The summed E-state index contributed by atoms with van der Waals surface area (Å²) >= 11 is 0. The number of piperazine rings is 1. The summed E-state index contributed by atoms with van der Waals surface area (Å²) in [5.41, 5.74) is 5.70. The Kier molecular flexibility index (Phi) is 6.03. The number of anilines is 1. The molecule has 0 aliphatic carbocycles. The number of hydrogen-bond acceptors (Lipinski definition) is 4. The van der Waals surface area contributed by atoms with Crippen molar-refractivity contribution in [1.82, 2.24) is 9.80 Å². The highest BCUT2D eigenvalue weighted by molar-refractivity contribution is 6.45. The van der Waals surface area contributed by atoms with Gasteiger partial charge in [0.1, 0.15) is 5.70 Å². The lowest BCUT2D eigenvalue weighted by Crippen LogP contribution is -2.47. The first-order valence-electron chi connectivity index (χ1n) is 11.8. The maximum atomic E-state index is 13.8. The minimum Gasteiger partial charge on any atom is -0.364 e. The summed E-state index contributed by atoms with van der Waals surface area (Å²) in [6.07, 6.45) is 0. The van der Waals surface area contributed by atoms with E-state index in [1.807, 2.05) is 68.4 Å². The van der Waals surface area contributed by atoms with Gasteiger partial charge in [-0.2, -0.15) is 0 Å². The number of nitrogens with zero attached hydrogens (tertiary/aromatic N) is 3. The van der Waals surface area contributed by atoms with Crippen LogP contribution in [0.3, 0.4) is 0 Å². The molecule has 172 valence electrons. The molecule has 0 unspecified atom stereocenters. The van der Waals surface area contributed by atoms with E-state index in [2.05, 4.69) is 34.1 Å². The summed E-state index contributed by atoms with van der Waals surface area (Å²) in [7, 11) is 0. The Balaban J connectivity index is 1.46. The second-order valence-electron chi connectivity index (χ2n) is 9.07. The molecule has 3 aromatic rings.